The van der Waals surface area contributed by atoms with Gasteiger partial charge in [-0.3, -0.25) is 9.79 Å². The number of hydrogen-bond acceptors (Lipinski definition) is 4. The van der Waals surface area contributed by atoms with Crippen molar-refractivity contribution in [1.29, 1.82) is 0 Å². The lowest BCUT2D eigenvalue weighted by Gasteiger charge is -2.12. The van der Waals surface area contributed by atoms with E-state index in [1.807, 2.05) is 26.0 Å². The predicted molar refractivity (Wildman–Crippen MR) is 79.0 cm³/mol. The number of Topliss-reactive ketones (excluding diaryl/α,β-unsaturated/α-hetero) is 1. The number of nitrogens with zero attached hydrogens (tertiary/aromatic N) is 1. The van der Waals surface area contributed by atoms with Crippen molar-refractivity contribution in [3.8, 4) is 11.5 Å². The van der Waals surface area contributed by atoms with Gasteiger partial charge in [-0.15, -0.1) is 0 Å². The highest BCUT2D eigenvalue weighted by molar-refractivity contribution is 6.12. The molecule has 4 nitrogen and oxygen atoms in total. The number of aliphatic imine (C=N–C) groups is 1. The zero-order valence-electron chi connectivity index (χ0n) is 12.3. The molecule has 1 aliphatic heterocycles. The highest BCUT2D eigenvalue weighted by Gasteiger charge is 2.19. The number of hydrogen-bond donors (Lipinski definition) is 0. The first kappa shape index (κ1) is 14.3. The molecule has 0 bridgehead atoms. The van der Waals surface area contributed by atoms with E-state index in [2.05, 4.69) is 4.99 Å². The summed E-state index contributed by atoms with van der Waals surface area (Å²) in [6.07, 6.45) is 3.52. The Kier molecular flexibility index (Phi) is 4.23. The van der Waals surface area contributed by atoms with Gasteiger partial charge in [-0.1, -0.05) is 6.92 Å². The number of carbonyl (C=O) groups is 1. The predicted octanol–water partition coefficient (Wildman–Crippen LogP) is 3.33. The van der Waals surface area contributed by atoms with Crippen LogP contribution in [0.2, 0.25) is 0 Å². The molecule has 0 N–H and O–H groups in total. The topological polar surface area (TPSA) is 47.9 Å². The molecular weight excluding hydrogens is 254 g/mol. The molecule has 1 aromatic rings. The average molecular weight is 273 g/mol. The van der Waals surface area contributed by atoms with Gasteiger partial charge in [-0.2, -0.15) is 0 Å². The summed E-state index contributed by atoms with van der Waals surface area (Å²) in [6, 6.07) is 3.51. The van der Waals surface area contributed by atoms with E-state index in [9.17, 15) is 4.79 Å². The van der Waals surface area contributed by atoms with Gasteiger partial charge in [0, 0.05) is 17.7 Å². The summed E-state index contributed by atoms with van der Waals surface area (Å²) in [5, 5.41) is 0. The minimum atomic E-state index is -0.0718. The molecule has 0 radical (unpaired) electrons. The molecule has 1 heterocycles. The number of benzene rings is 1. The van der Waals surface area contributed by atoms with Crippen molar-refractivity contribution in [3.05, 3.63) is 35.0 Å². The normalized spacial score (nSPS) is 13.8. The fourth-order valence-corrected chi connectivity index (χ4v) is 2.28. The third-order valence-corrected chi connectivity index (χ3v) is 3.38. The maximum atomic E-state index is 12.5. The molecule has 0 amide bonds. The molecular formula is C16H19NO3. The zero-order chi connectivity index (χ0) is 14.7. The third kappa shape index (κ3) is 2.59. The maximum absolute atomic E-state index is 12.5. The van der Waals surface area contributed by atoms with Gasteiger partial charge in [-0.25, -0.2) is 0 Å². The van der Waals surface area contributed by atoms with Crippen molar-refractivity contribution in [2.45, 2.75) is 26.7 Å². The van der Waals surface area contributed by atoms with E-state index < -0.39 is 0 Å². The molecule has 0 fully saturated rings. The molecule has 4 heteroatoms. The molecule has 0 atom stereocenters. The lowest BCUT2D eigenvalue weighted by Crippen LogP contribution is -2.03. The largest absolute Gasteiger partial charge is 0.493 e. The van der Waals surface area contributed by atoms with Crippen LogP contribution in [0.25, 0.3) is 0 Å². The lowest BCUT2D eigenvalue weighted by molar-refractivity contribution is 0.103. The molecule has 0 aromatic heterocycles. The molecule has 0 saturated carbocycles. The van der Waals surface area contributed by atoms with Crippen molar-refractivity contribution in [3.63, 3.8) is 0 Å². The first-order valence-corrected chi connectivity index (χ1v) is 6.64. The summed E-state index contributed by atoms with van der Waals surface area (Å²) in [6.45, 7) is 3.93. The van der Waals surface area contributed by atoms with Gasteiger partial charge in [0.05, 0.1) is 14.2 Å². The van der Waals surface area contributed by atoms with Crippen molar-refractivity contribution in [2.75, 3.05) is 14.2 Å². The number of ketones is 1. The quantitative estimate of drug-likeness (QED) is 0.773. The second-order valence-corrected chi connectivity index (χ2v) is 4.68. The SMILES string of the molecule is CCC1=NC(C(=O)c2cc(C)c(OC)c(OC)c2)=CC1. The highest BCUT2D eigenvalue weighted by atomic mass is 16.5. The number of ether oxygens (including phenoxy) is 2. The molecule has 0 saturated heterocycles. The van der Waals surface area contributed by atoms with Crippen LogP contribution in [-0.4, -0.2) is 25.7 Å². The van der Waals surface area contributed by atoms with Gasteiger partial charge in [0.1, 0.15) is 5.70 Å². The Morgan fingerprint density at radius 1 is 1.30 bits per heavy atom. The van der Waals surface area contributed by atoms with Crippen LogP contribution in [0.1, 0.15) is 35.7 Å². The second kappa shape index (κ2) is 5.90. The van der Waals surface area contributed by atoms with E-state index in [1.165, 1.54) is 0 Å². The number of methoxy groups -OCH3 is 2. The minimum absolute atomic E-state index is 0.0718. The number of carbonyl (C=O) groups excluding carboxylic acids is 1. The van der Waals surface area contributed by atoms with Crippen LogP contribution in [0.15, 0.2) is 28.9 Å². The van der Waals surface area contributed by atoms with Gasteiger partial charge >= 0.3 is 0 Å². The van der Waals surface area contributed by atoms with Crippen molar-refractivity contribution in [2.24, 2.45) is 4.99 Å². The summed E-state index contributed by atoms with van der Waals surface area (Å²) in [5.74, 6) is 1.15. The number of allylic oxidation sites excluding steroid dienone is 2. The van der Waals surface area contributed by atoms with Crippen LogP contribution < -0.4 is 9.47 Å². The molecule has 0 aliphatic carbocycles. The lowest BCUT2D eigenvalue weighted by atomic mass is 10.0. The van der Waals surface area contributed by atoms with Crippen molar-refractivity contribution < 1.29 is 14.3 Å². The Morgan fingerprint density at radius 2 is 2.05 bits per heavy atom. The number of aryl methyl sites for hydroxylation is 1. The zero-order valence-corrected chi connectivity index (χ0v) is 12.3. The Morgan fingerprint density at radius 3 is 2.60 bits per heavy atom. The third-order valence-electron chi connectivity index (χ3n) is 3.38. The Labute approximate surface area is 119 Å². The van der Waals surface area contributed by atoms with E-state index in [0.29, 0.717) is 22.8 Å². The molecule has 0 unspecified atom stereocenters. The summed E-state index contributed by atoms with van der Waals surface area (Å²) < 4.78 is 10.6. The van der Waals surface area contributed by atoms with Gasteiger partial charge in [0.15, 0.2) is 11.5 Å². The van der Waals surface area contributed by atoms with Crippen molar-refractivity contribution >= 4 is 11.5 Å². The second-order valence-electron chi connectivity index (χ2n) is 4.68. The van der Waals surface area contributed by atoms with E-state index in [0.717, 1.165) is 24.1 Å². The summed E-state index contributed by atoms with van der Waals surface area (Å²) >= 11 is 0. The molecule has 1 aliphatic rings. The Balaban J connectivity index is 2.37. The van der Waals surface area contributed by atoms with E-state index >= 15 is 0 Å². The van der Waals surface area contributed by atoms with Crippen LogP contribution in [0.3, 0.4) is 0 Å². The van der Waals surface area contributed by atoms with E-state index in [1.54, 1.807) is 20.3 Å². The van der Waals surface area contributed by atoms with Crippen LogP contribution >= 0.6 is 0 Å². The summed E-state index contributed by atoms with van der Waals surface area (Å²) in [7, 11) is 3.15. The Bertz CT molecular complexity index is 600. The smallest absolute Gasteiger partial charge is 0.211 e. The summed E-state index contributed by atoms with van der Waals surface area (Å²) in [4.78, 5) is 16.8. The highest BCUT2D eigenvalue weighted by Crippen LogP contribution is 2.33. The molecule has 1 aromatic carbocycles. The fourth-order valence-electron chi connectivity index (χ4n) is 2.28. The molecule has 2 rings (SSSR count). The standard InChI is InChI=1S/C16H19NO3/c1-5-12-6-7-13(17-12)15(18)11-8-10(2)16(20-4)14(9-11)19-3/h7-9H,5-6H2,1-4H3. The van der Waals surface area contributed by atoms with Crippen LogP contribution in [-0.2, 0) is 0 Å². The maximum Gasteiger partial charge on any atom is 0.211 e. The average Bonchev–Trinajstić information content (AvgIpc) is 2.94. The van der Waals surface area contributed by atoms with Gasteiger partial charge in [-0.05, 0) is 37.1 Å². The number of rotatable bonds is 5. The van der Waals surface area contributed by atoms with Crippen LogP contribution in [0.5, 0.6) is 11.5 Å². The molecule has 106 valence electrons. The van der Waals surface area contributed by atoms with E-state index in [4.69, 9.17) is 9.47 Å². The van der Waals surface area contributed by atoms with Crippen LogP contribution in [0, 0.1) is 6.92 Å². The van der Waals surface area contributed by atoms with E-state index in [-0.39, 0.29) is 5.78 Å². The van der Waals surface area contributed by atoms with Gasteiger partial charge in [0.2, 0.25) is 5.78 Å². The minimum Gasteiger partial charge on any atom is -0.493 e. The first-order chi connectivity index (χ1) is 9.60. The van der Waals surface area contributed by atoms with Gasteiger partial charge < -0.3 is 9.47 Å². The first-order valence-electron chi connectivity index (χ1n) is 6.64. The van der Waals surface area contributed by atoms with Crippen molar-refractivity contribution in [1.82, 2.24) is 0 Å². The molecule has 0 spiro atoms. The summed E-state index contributed by atoms with van der Waals surface area (Å²) in [5.41, 5.74) is 3.01. The van der Waals surface area contributed by atoms with Gasteiger partial charge in [0.25, 0.3) is 0 Å². The molecule has 20 heavy (non-hydrogen) atoms. The fraction of sp³-hybridized carbons (Fsp3) is 0.375. The monoisotopic (exact) mass is 273 g/mol. The van der Waals surface area contributed by atoms with Crippen LogP contribution in [0.4, 0.5) is 0 Å². The Hall–Kier alpha value is -2.10.